The van der Waals surface area contributed by atoms with Gasteiger partial charge in [0.2, 0.25) is 5.52 Å². The highest BCUT2D eigenvalue weighted by molar-refractivity contribution is 6.30. The predicted molar refractivity (Wildman–Crippen MR) is 146 cm³/mol. The third-order valence-electron chi connectivity index (χ3n) is 7.06. The van der Waals surface area contributed by atoms with Gasteiger partial charge in [0, 0.05) is 55.7 Å². The molecule has 0 saturated carbocycles. The van der Waals surface area contributed by atoms with E-state index in [1.807, 2.05) is 43.6 Å². The maximum atomic E-state index is 13.1. The van der Waals surface area contributed by atoms with E-state index in [1.165, 1.54) is 4.57 Å². The van der Waals surface area contributed by atoms with Crippen LogP contribution in [0.2, 0.25) is 5.02 Å². The fourth-order valence-electron chi connectivity index (χ4n) is 5.18. The van der Waals surface area contributed by atoms with Crippen molar-refractivity contribution in [2.75, 3.05) is 24.5 Å². The first-order valence-electron chi connectivity index (χ1n) is 12.2. The van der Waals surface area contributed by atoms with Gasteiger partial charge in [-0.1, -0.05) is 30.3 Å². The van der Waals surface area contributed by atoms with E-state index in [4.69, 9.17) is 18.2 Å². The highest BCUT2D eigenvalue weighted by atomic mass is 35.5. The van der Waals surface area contributed by atoms with E-state index < -0.39 is 0 Å². The number of fused-ring (bicyclic) bond motifs is 1. The minimum absolute atomic E-state index is 0.0282. The van der Waals surface area contributed by atoms with Crippen molar-refractivity contribution in [2.45, 2.75) is 25.9 Å². The van der Waals surface area contributed by atoms with Crippen LogP contribution in [0, 0.1) is 24.8 Å². The number of halogens is 1. The lowest BCUT2D eigenvalue weighted by atomic mass is 9.96. The summed E-state index contributed by atoms with van der Waals surface area (Å²) in [4.78, 5) is 34.4. The Morgan fingerprint density at radius 1 is 1.13 bits per heavy atom. The molecule has 4 aromatic rings. The molecule has 1 unspecified atom stereocenters. The van der Waals surface area contributed by atoms with Gasteiger partial charge in [0.1, 0.15) is 23.1 Å². The Morgan fingerprint density at radius 2 is 1.84 bits per heavy atom. The third-order valence-corrected chi connectivity index (χ3v) is 7.31. The SMILES string of the molecule is [C-]#[N+]c1ccc2c(n1)c(N1CCN(C(c3ccc(Cl)cc3)c3cnc(C)nc3)[C@H](C)C1)c(C#N)c(=O)n2C. The minimum Gasteiger partial charge on any atom is -0.364 e. The van der Waals surface area contributed by atoms with E-state index in [2.05, 4.69) is 42.6 Å². The third kappa shape index (κ3) is 4.47. The number of benzene rings is 1. The number of hydrogen-bond donors (Lipinski definition) is 0. The zero-order valence-corrected chi connectivity index (χ0v) is 22.0. The van der Waals surface area contributed by atoms with Gasteiger partial charge in [-0.3, -0.25) is 9.69 Å². The first kappa shape index (κ1) is 25.3. The van der Waals surface area contributed by atoms with Gasteiger partial charge in [-0.25, -0.2) is 9.97 Å². The van der Waals surface area contributed by atoms with E-state index in [0.29, 0.717) is 47.2 Å². The van der Waals surface area contributed by atoms with Gasteiger partial charge >= 0.3 is 0 Å². The van der Waals surface area contributed by atoms with E-state index in [1.54, 1.807) is 19.2 Å². The maximum Gasteiger partial charge on any atom is 0.271 e. The number of nitrogens with zero attached hydrogens (tertiary/aromatic N) is 8. The van der Waals surface area contributed by atoms with E-state index >= 15 is 0 Å². The Balaban J connectivity index is 1.56. The summed E-state index contributed by atoms with van der Waals surface area (Å²) in [6, 6.07) is 13.1. The molecule has 1 aliphatic heterocycles. The van der Waals surface area contributed by atoms with Crippen LogP contribution in [0.3, 0.4) is 0 Å². The molecule has 1 aliphatic rings. The second-order valence-electron chi connectivity index (χ2n) is 9.40. The predicted octanol–water partition coefficient (Wildman–Crippen LogP) is 4.41. The van der Waals surface area contributed by atoms with E-state index in [9.17, 15) is 10.1 Å². The Kier molecular flexibility index (Phi) is 6.81. The largest absolute Gasteiger partial charge is 0.364 e. The smallest absolute Gasteiger partial charge is 0.271 e. The number of hydrogen-bond acceptors (Lipinski definition) is 7. The van der Waals surface area contributed by atoms with Crippen LogP contribution in [0.4, 0.5) is 11.5 Å². The van der Waals surface area contributed by atoms with E-state index in [0.717, 1.165) is 11.1 Å². The molecule has 1 saturated heterocycles. The molecule has 4 heterocycles. The normalized spacial score (nSPS) is 16.7. The number of aryl methyl sites for hydroxylation is 2. The lowest BCUT2D eigenvalue weighted by Gasteiger charge is -2.45. The van der Waals surface area contributed by atoms with Crippen molar-refractivity contribution in [2.24, 2.45) is 7.05 Å². The Hall–Kier alpha value is -4.31. The summed E-state index contributed by atoms with van der Waals surface area (Å²) in [5.41, 5.74) is 3.26. The lowest BCUT2D eigenvalue weighted by molar-refractivity contribution is 0.149. The van der Waals surface area contributed by atoms with Crippen LogP contribution in [0.5, 0.6) is 0 Å². The molecule has 190 valence electrons. The Labute approximate surface area is 225 Å². The van der Waals surface area contributed by atoms with Gasteiger partial charge in [0.05, 0.1) is 11.6 Å². The molecule has 0 amide bonds. The summed E-state index contributed by atoms with van der Waals surface area (Å²) in [5, 5.41) is 10.6. The monoisotopic (exact) mass is 524 g/mol. The Morgan fingerprint density at radius 3 is 2.47 bits per heavy atom. The second-order valence-corrected chi connectivity index (χ2v) is 9.84. The summed E-state index contributed by atoms with van der Waals surface area (Å²) in [6.45, 7) is 13.2. The van der Waals surface area contributed by atoms with Crippen molar-refractivity contribution in [1.82, 2.24) is 24.4 Å². The summed E-state index contributed by atoms with van der Waals surface area (Å²) >= 11 is 6.18. The number of pyridine rings is 2. The van der Waals surface area contributed by atoms with Gasteiger partial charge < -0.3 is 14.3 Å². The molecular formula is C28H25ClN8O. The topological polar surface area (TPSA) is 95.3 Å². The fraction of sp³-hybridized carbons (Fsp3) is 0.286. The van der Waals surface area contributed by atoms with Crippen molar-refractivity contribution in [1.29, 1.82) is 5.26 Å². The molecule has 0 spiro atoms. The van der Waals surface area contributed by atoms with Gasteiger partial charge in [-0.2, -0.15) is 5.26 Å². The lowest BCUT2D eigenvalue weighted by Crippen LogP contribution is -2.53. The molecule has 0 aliphatic carbocycles. The minimum atomic E-state index is -0.377. The van der Waals surface area contributed by atoms with Crippen molar-refractivity contribution >= 4 is 34.1 Å². The van der Waals surface area contributed by atoms with Crippen molar-refractivity contribution in [3.8, 4) is 6.07 Å². The molecule has 0 bridgehead atoms. The summed E-state index contributed by atoms with van der Waals surface area (Å²) in [7, 11) is 1.62. The quantitative estimate of drug-likeness (QED) is 0.365. The fourth-order valence-corrected chi connectivity index (χ4v) is 5.30. The van der Waals surface area contributed by atoms with Crippen molar-refractivity contribution < 1.29 is 0 Å². The first-order chi connectivity index (χ1) is 18.3. The average Bonchev–Trinajstić information content (AvgIpc) is 2.93. The molecule has 38 heavy (non-hydrogen) atoms. The zero-order valence-electron chi connectivity index (χ0n) is 21.3. The molecule has 0 radical (unpaired) electrons. The van der Waals surface area contributed by atoms with Crippen LogP contribution in [0.25, 0.3) is 15.9 Å². The number of anilines is 1. The van der Waals surface area contributed by atoms with Crippen LogP contribution in [0.15, 0.2) is 53.6 Å². The molecule has 1 fully saturated rings. The molecule has 1 aromatic carbocycles. The van der Waals surface area contributed by atoms with Crippen LogP contribution in [0.1, 0.15) is 35.5 Å². The Bertz CT molecular complexity index is 1610. The summed E-state index contributed by atoms with van der Waals surface area (Å²) in [5.74, 6) is 0.921. The molecule has 2 atom stereocenters. The summed E-state index contributed by atoms with van der Waals surface area (Å²) in [6.07, 6.45) is 3.72. The van der Waals surface area contributed by atoms with Crippen molar-refractivity contribution in [3.63, 3.8) is 0 Å². The number of rotatable bonds is 4. The molecular weight excluding hydrogens is 500 g/mol. The van der Waals surface area contributed by atoms with Gasteiger partial charge in [-0.05, 0) is 43.7 Å². The number of aromatic nitrogens is 4. The van der Waals surface area contributed by atoms with Gasteiger partial charge in [0.15, 0.2) is 0 Å². The highest BCUT2D eigenvalue weighted by Gasteiger charge is 2.34. The first-order valence-corrected chi connectivity index (χ1v) is 12.6. The van der Waals surface area contributed by atoms with E-state index in [-0.39, 0.29) is 29.0 Å². The highest BCUT2D eigenvalue weighted by Crippen LogP contribution is 2.35. The molecule has 0 N–H and O–H groups in total. The standard InChI is InChI=1S/C28H25ClN8O/c1-17-16-36(27-22(13-30)28(38)35(4)23-9-10-24(31-3)34-25(23)27)11-12-37(17)26(19-5-7-21(29)8-6-19)20-14-32-18(2)33-15-20/h5-10,14-15,17,26H,11-12,16H2,1-2,4H3/t17-,26?/m1/s1. The van der Waals surface area contributed by atoms with Crippen LogP contribution in [-0.2, 0) is 7.05 Å². The average molecular weight is 525 g/mol. The summed E-state index contributed by atoms with van der Waals surface area (Å²) < 4.78 is 1.42. The van der Waals surface area contributed by atoms with Gasteiger partial charge in [-0.15, -0.1) is 4.98 Å². The number of piperazine rings is 1. The number of nitriles is 1. The van der Waals surface area contributed by atoms with Crippen LogP contribution >= 0.6 is 11.6 Å². The molecule has 3 aromatic heterocycles. The van der Waals surface area contributed by atoms with Crippen molar-refractivity contribution in [3.05, 3.63) is 98.1 Å². The molecule has 5 rings (SSSR count). The second kappa shape index (κ2) is 10.2. The molecule has 9 nitrogen and oxygen atoms in total. The zero-order chi connectivity index (χ0) is 27.0. The maximum absolute atomic E-state index is 13.1. The molecule has 10 heteroatoms. The van der Waals surface area contributed by atoms with Crippen LogP contribution in [-0.4, -0.2) is 50.1 Å². The van der Waals surface area contributed by atoms with Gasteiger partial charge in [0.25, 0.3) is 11.4 Å². The van der Waals surface area contributed by atoms with Crippen LogP contribution < -0.4 is 10.5 Å².